The zero-order valence-corrected chi connectivity index (χ0v) is 14.6. The standard InChI is InChI=1S/C17H18F4N2OS/c1-3-13(18)7-8-23(2)16-22-10-14(25-16)15(24)11-5-4-6-12(9-11)17(19,20)21/h4-6,9-10,13H,3,7-8H2,1-2H3. The number of alkyl halides is 4. The van der Waals surface area contributed by atoms with Gasteiger partial charge in [-0.25, -0.2) is 9.37 Å². The van der Waals surface area contributed by atoms with Crippen LogP contribution in [-0.2, 0) is 6.18 Å². The molecule has 1 unspecified atom stereocenters. The second-order valence-corrected chi connectivity index (χ2v) is 6.64. The number of carbonyl (C=O) groups excluding carboxylic acids is 1. The lowest BCUT2D eigenvalue weighted by atomic mass is 10.1. The minimum atomic E-state index is -4.50. The van der Waals surface area contributed by atoms with Gasteiger partial charge in [0.05, 0.1) is 16.6 Å². The van der Waals surface area contributed by atoms with Crippen LogP contribution in [0, 0.1) is 0 Å². The Labute approximate surface area is 147 Å². The summed E-state index contributed by atoms with van der Waals surface area (Å²) in [4.78, 5) is 18.5. The first kappa shape index (κ1) is 19.4. The van der Waals surface area contributed by atoms with E-state index in [1.165, 1.54) is 18.3 Å². The number of aromatic nitrogens is 1. The van der Waals surface area contributed by atoms with E-state index in [4.69, 9.17) is 0 Å². The van der Waals surface area contributed by atoms with Crippen molar-refractivity contribution >= 4 is 22.3 Å². The minimum absolute atomic E-state index is 0.0394. The maximum Gasteiger partial charge on any atom is 0.416 e. The summed E-state index contributed by atoms with van der Waals surface area (Å²) in [5.74, 6) is -0.514. The van der Waals surface area contributed by atoms with E-state index in [0.29, 0.717) is 24.5 Å². The van der Waals surface area contributed by atoms with Crippen LogP contribution in [0.2, 0.25) is 0 Å². The van der Waals surface area contributed by atoms with Gasteiger partial charge >= 0.3 is 6.18 Å². The largest absolute Gasteiger partial charge is 0.416 e. The van der Waals surface area contributed by atoms with Crippen molar-refractivity contribution in [1.29, 1.82) is 0 Å². The van der Waals surface area contributed by atoms with E-state index in [-0.39, 0.29) is 10.4 Å². The zero-order valence-electron chi connectivity index (χ0n) is 13.8. The van der Waals surface area contributed by atoms with Gasteiger partial charge in [0.15, 0.2) is 5.13 Å². The van der Waals surface area contributed by atoms with Crippen LogP contribution in [0.5, 0.6) is 0 Å². The summed E-state index contributed by atoms with van der Waals surface area (Å²) >= 11 is 1.08. The number of nitrogens with zero attached hydrogens (tertiary/aromatic N) is 2. The number of anilines is 1. The van der Waals surface area contributed by atoms with Gasteiger partial charge < -0.3 is 4.90 Å². The molecular formula is C17H18F4N2OS. The molecule has 0 amide bonds. The predicted octanol–water partition coefficient (Wildman–Crippen LogP) is 4.97. The average molecular weight is 374 g/mol. The third kappa shape index (κ3) is 5.01. The highest BCUT2D eigenvalue weighted by Gasteiger charge is 2.31. The first-order valence-electron chi connectivity index (χ1n) is 7.75. The summed E-state index contributed by atoms with van der Waals surface area (Å²) in [6, 6.07) is 4.30. The average Bonchev–Trinajstić information content (AvgIpc) is 3.08. The Kier molecular flexibility index (Phi) is 6.16. The Bertz CT molecular complexity index is 729. The number of hydrogen-bond donors (Lipinski definition) is 0. The van der Waals surface area contributed by atoms with E-state index in [1.54, 1.807) is 18.9 Å². The van der Waals surface area contributed by atoms with Gasteiger partial charge in [0.1, 0.15) is 6.17 Å². The lowest BCUT2D eigenvalue weighted by Crippen LogP contribution is -2.21. The summed E-state index contributed by atoms with van der Waals surface area (Å²) < 4.78 is 51.6. The molecule has 0 spiro atoms. The Balaban J connectivity index is 2.13. The lowest BCUT2D eigenvalue weighted by Gasteiger charge is -2.16. The highest BCUT2D eigenvalue weighted by atomic mass is 32.1. The normalized spacial score (nSPS) is 12.9. The fraction of sp³-hybridized carbons (Fsp3) is 0.412. The second kappa shape index (κ2) is 7.95. The van der Waals surface area contributed by atoms with Crippen LogP contribution >= 0.6 is 11.3 Å². The molecule has 3 nitrogen and oxygen atoms in total. The highest BCUT2D eigenvalue weighted by molar-refractivity contribution is 7.17. The topological polar surface area (TPSA) is 33.2 Å². The molecule has 1 heterocycles. The van der Waals surface area contributed by atoms with Crippen LogP contribution < -0.4 is 4.90 Å². The fourth-order valence-electron chi connectivity index (χ4n) is 2.16. The zero-order chi connectivity index (χ0) is 18.6. The molecule has 0 aliphatic carbocycles. The predicted molar refractivity (Wildman–Crippen MR) is 90.1 cm³/mol. The smallest absolute Gasteiger partial charge is 0.351 e. The van der Waals surface area contributed by atoms with Crippen LogP contribution in [0.1, 0.15) is 40.6 Å². The molecule has 1 aromatic heterocycles. The summed E-state index contributed by atoms with van der Waals surface area (Å²) in [6.45, 7) is 2.21. The van der Waals surface area contributed by atoms with E-state index >= 15 is 0 Å². The molecule has 0 saturated carbocycles. The third-order valence-electron chi connectivity index (χ3n) is 3.72. The van der Waals surface area contributed by atoms with Gasteiger partial charge in [-0.3, -0.25) is 4.79 Å². The van der Waals surface area contributed by atoms with E-state index < -0.39 is 23.7 Å². The van der Waals surface area contributed by atoms with E-state index in [9.17, 15) is 22.4 Å². The molecule has 2 aromatic rings. The van der Waals surface area contributed by atoms with Crippen molar-refractivity contribution in [3.8, 4) is 0 Å². The SMILES string of the molecule is CCC(F)CCN(C)c1ncc(C(=O)c2cccc(C(F)(F)F)c2)s1. The van der Waals surface area contributed by atoms with Crippen LogP contribution in [-0.4, -0.2) is 30.5 Å². The number of ketones is 1. The molecule has 1 atom stereocenters. The third-order valence-corrected chi connectivity index (χ3v) is 4.83. The van der Waals surface area contributed by atoms with Gasteiger partial charge in [-0.2, -0.15) is 13.2 Å². The summed E-state index contributed by atoms with van der Waals surface area (Å²) in [5, 5.41) is 0.527. The van der Waals surface area contributed by atoms with Gasteiger partial charge in [-0.15, -0.1) is 0 Å². The van der Waals surface area contributed by atoms with Crippen LogP contribution in [0.3, 0.4) is 0 Å². The number of hydrogen-bond acceptors (Lipinski definition) is 4. The molecule has 0 fully saturated rings. The number of halogens is 4. The van der Waals surface area contributed by atoms with Crippen molar-refractivity contribution in [3.05, 3.63) is 46.5 Å². The second-order valence-electron chi connectivity index (χ2n) is 5.63. The van der Waals surface area contributed by atoms with Gasteiger partial charge in [-0.1, -0.05) is 30.4 Å². The van der Waals surface area contributed by atoms with Crippen molar-refractivity contribution in [1.82, 2.24) is 4.98 Å². The molecule has 0 bridgehead atoms. The van der Waals surface area contributed by atoms with Gasteiger partial charge in [0.2, 0.25) is 5.78 Å². The molecule has 0 aliphatic rings. The molecule has 25 heavy (non-hydrogen) atoms. The van der Waals surface area contributed by atoms with Crippen molar-refractivity contribution in [2.24, 2.45) is 0 Å². The van der Waals surface area contributed by atoms with Gasteiger partial charge in [0.25, 0.3) is 0 Å². The maximum atomic E-state index is 13.3. The Hall–Kier alpha value is -1.96. The number of carbonyl (C=O) groups is 1. The first-order chi connectivity index (χ1) is 11.7. The fourth-order valence-corrected chi connectivity index (χ4v) is 3.02. The highest BCUT2D eigenvalue weighted by Crippen LogP contribution is 2.31. The van der Waals surface area contributed by atoms with Gasteiger partial charge in [0, 0.05) is 19.2 Å². The van der Waals surface area contributed by atoms with Crippen molar-refractivity contribution < 1.29 is 22.4 Å². The summed E-state index contributed by atoms with van der Waals surface area (Å²) in [5.41, 5.74) is -0.906. The molecule has 8 heteroatoms. The molecular weight excluding hydrogens is 356 g/mol. The summed E-state index contributed by atoms with van der Waals surface area (Å²) in [7, 11) is 1.74. The molecule has 1 aromatic carbocycles. The monoisotopic (exact) mass is 374 g/mol. The number of benzene rings is 1. The maximum absolute atomic E-state index is 13.3. The van der Waals surface area contributed by atoms with E-state index in [0.717, 1.165) is 23.5 Å². The Morgan fingerprint density at radius 2 is 2.08 bits per heavy atom. The molecule has 0 radical (unpaired) electrons. The summed E-state index contributed by atoms with van der Waals surface area (Å²) in [6.07, 6.45) is -3.27. The van der Waals surface area contributed by atoms with Gasteiger partial charge in [-0.05, 0) is 25.0 Å². The van der Waals surface area contributed by atoms with E-state index in [1.807, 2.05) is 0 Å². The Morgan fingerprint density at radius 3 is 2.72 bits per heavy atom. The minimum Gasteiger partial charge on any atom is -0.351 e. The molecule has 0 N–H and O–H groups in total. The van der Waals surface area contributed by atoms with Crippen LogP contribution in [0.15, 0.2) is 30.5 Å². The first-order valence-corrected chi connectivity index (χ1v) is 8.57. The quantitative estimate of drug-likeness (QED) is 0.507. The Morgan fingerprint density at radius 1 is 1.36 bits per heavy atom. The molecule has 0 saturated heterocycles. The van der Waals surface area contributed by atoms with Crippen LogP contribution in [0.25, 0.3) is 0 Å². The van der Waals surface area contributed by atoms with Crippen molar-refractivity contribution in [2.75, 3.05) is 18.5 Å². The molecule has 0 aliphatic heterocycles. The molecule has 136 valence electrons. The van der Waals surface area contributed by atoms with Crippen molar-refractivity contribution in [3.63, 3.8) is 0 Å². The molecule has 2 rings (SSSR count). The van der Waals surface area contributed by atoms with Crippen molar-refractivity contribution in [2.45, 2.75) is 32.1 Å². The number of rotatable bonds is 7. The van der Waals surface area contributed by atoms with E-state index in [2.05, 4.69) is 4.98 Å². The lowest BCUT2D eigenvalue weighted by molar-refractivity contribution is -0.137. The number of thiazole rings is 1. The van der Waals surface area contributed by atoms with Crippen LogP contribution in [0.4, 0.5) is 22.7 Å².